The largest absolute Gasteiger partial charge is 0.478 e. The lowest BCUT2D eigenvalue weighted by atomic mass is 10.1. The summed E-state index contributed by atoms with van der Waals surface area (Å²) in [5.41, 5.74) is 1.98. The van der Waals surface area contributed by atoms with Crippen molar-refractivity contribution >= 4 is 5.97 Å². The topological polar surface area (TPSA) is 55.1 Å². The first-order valence-electron chi connectivity index (χ1n) is 4.99. The summed E-state index contributed by atoms with van der Waals surface area (Å²) in [6.45, 7) is 2.63. The van der Waals surface area contributed by atoms with Crippen molar-refractivity contribution in [3.63, 3.8) is 0 Å². The van der Waals surface area contributed by atoms with Crippen molar-refractivity contribution in [3.05, 3.63) is 17.0 Å². The van der Waals surface area contributed by atoms with Gasteiger partial charge in [-0.1, -0.05) is 6.42 Å². The van der Waals surface area contributed by atoms with Crippen LogP contribution in [0.1, 0.15) is 41.0 Å². The van der Waals surface area contributed by atoms with Gasteiger partial charge in [0, 0.05) is 6.54 Å². The minimum Gasteiger partial charge on any atom is -0.478 e. The Morgan fingerprint density at radius 2 is 2.21 bits per heavy atom. The van der Waals surface area contributed by atoms with Gasteiger partial charge in [0.2, 0.25) is 0 Å². The molecular weight excluding hydrogens is 180 g/mol. The standard InChI is InChI=1S/C10H14N2O2/c1-7-9(10(13)14)8-5-3-2-4-6-12(8)11-7/h2-6H2,1H3,(H,13,14). The molecule has 1 N–H and O–H groups in total. The van der Waals surface area contributed by atoms with Crippen molar-refractivity contribution in [2.75, 3.05) is 0 Å². The van der Waals surface area contributed by atoms with Gasteiger partial charge in [0.15, 0.2) is 0 Å². The highest BCUT2D eigenvalue weighted by atomic mass is 16.4. The summed E-state index contributed by atoms with van der Waals surface area (Å²) in [4.78, 5) is 11.0. The molecule has 14 heavy (non-hydrogen) atoms. The Hall–Kier alpha value is -1.32. The number of carbonyl (C=O) groups is 1. The Morgan fingerprint density at radius 3 is 2.93 bits per heavy atom. The molecule has 0 bridgehead atoms. The molecular formula is C10H14N2O2. The van der Waals surface area contributed by atoms with Gasteiger partial charge in [0.1, 0.15) is 5.56 Å². The Kier molecular flexibility index (Phi) is 2.27. The monoisotopic (exact) mass is 194 g/mol. The lowest BCUT2D eigenvalue weighted by Gasteiger charge is -2.01. The lowest BCUT2D eigenvalue weighted by molar-refractivity contribution is 0.0695. The number of rotatable bonds is 1. The number of aryl methyl sites for hydroxylation is 2. The average Bonchev–Trinajstić information content (AvgIpc) is 2.31. The van der Waals surface area contributed by atoms with Crippen LogP contribution in [0, 0.1) is 6.92 Å². The van der Waals surface area contributed by atoms with E-state index in [0.29, 0.717) is 11.3 Å². The van der Waals surface area contributed by atoms with Gasteiger partial charge in [-0.05, 0) is 26.2 Å². The first kappa shape index (κ1) is 9.24. The van der Waals surface area contributed by atoms with Gasteiger partial charge in [0.05, 0.1) is 11.4 Å². The predicted molar refractivity (Wildman–Crippen MR) is 51.5 cm³/mol. The normalized spacial score (nSPS) is 16.1. The maximum Gasteiger partial charge on any atom is 0.339 e. The van der Waals surface area contributed by atoms with E-state index in [1.807, 2.05) is 4.68 Å². The molecule has 0 fully saturated rings. The quantitative estimate of drug-likeness (QED) is 0.739. The number of hydrogen-bond donors (Lipinski definition) is 1. The summed E-state index contributed by atoms with van der Waals surface area (Å²) < 4.78 is 1.87. The Balaban J connectivity index is 2.49. The number of aromatic nitrogens is 2. The third kappa shape index (κ3) is 1.41. The summed E-state index contributed by atoms with van der Waals surface area (Å²) >= 11 is 0. The van der Waals surface area contributed by atoms with E-state index in [4.69, 9.17) is 5.11 Å². The fourth-order valence-electron chi connectivity index (χ4n) is 2.08. The van der Waals surface area contributed by atoms with Crippen LogP contribution in [0.2, 0.25) is 0 Å². The summed E-state index contributed by atoms with van der Waals surface area (Å²) in [7, 11) is 0. The van der Waals surface area contributed by atoms with E-state index >= 15 is 0 Å². The third-order valence-electron chi connectivity index (χ3n) is 2.73. The van der Waals surface area contributed by atoms with E-state index in [9.17, 15) is 4.79 Å². The summed E-state index contributed by atoms with van der Waals surface area (Å²) in [6.07, 6.45) is 4.20. The van der Waals surface area contributed by atoms with Crippen molar-refractivity contribution in [2.45, 2.75) is 39.2 Å². The van der Waals surface area contributed by atoms with Crippen molar-refractivity contribution in [3.8, 4) is 0 Å². The molecule has 4 heteroatoms. The van der Waals surface area contributed by atoms with Crippen LogP contribution in [0.3, 0.4) is 0 Å². The second-order valence-electron chi connectivity index (χ2n) is 3.75. The fourth-order valence-corrected chi connectivity index (χ4v) is 2.08. The van der Waals surface area contributed by atoms with Gasteiger partial charge >= 0.3 is 5.97 Å². The maximum absolute atomic E-state index is 11.0. The molecule has 0 unspecified atom stereocenters. The van der Waals surface area contributed by atoms with Crippen molar-refractivity contribution in [1.82, 2.24) is 9.78 Å². The number of fused-ring (bicyclic) bond motifs is 1. The van der Waals surface area contributed by atoms with Gasteiger partial charge in [-0.15, -0.1) is 0 Å². The van der Waals surface area contributed by atoms with E-state index in [1.54, 1.807) is 6.92 Å². The molecule has 4 nitrogen and oxygen atoms in total. The van der Waals surface area contributed by atoms with Gasteiger partial charge in [-0.25, -0.2) is 4.79 Å². The SMILES string of the molecule is Cc1nn2c(c1C(=O)O)CCCCC2. The van der Waals surface area contributed by atoms with Gasteiger partial charge in [-0.3, -0.25) is 4.68 Å². The van der Waals surface area contributed by atoms with E-state index in [-0.39, 0.29) is 0 Å². The lowest BCUT2D eigenvalue weighted by Crippen LogP contribution is -2.05. The molecule has 1 aromatic rings. The van der Waals surface area contributed by atoms with E-state index in [1.165, 1.54) is 6.42 Å². The molecule has 76 valence electrons. The highest BCUT2D eigenvalue weighted by Gasteiger charge is 2.21. The number of carboxylic acid groups (broad SMARTS) is 1. The summed E-state index contributed by atoms with van der Waals surface area (Å²) in [6, 6.07) is 0. The molecule has 0 aliphatic carbocycles. The van der Waals surface area contributed by atoms with Crippen LogP contribution in [0.4, 0.5) is 0 Å². The van der Waals surface area contributed by atoms with Crippen LogP contribution in [-0.2, 0) is 13.0 Å². The molecule has 0 saturated carbocycles. The fraction of sp³-hybridized carbons (Fsp3) is 0.600. The van der Waals surface area contributed by atoms with E-state index in [0.717, 1.165) is 31.5 Å². The van der Waals surface area contributed by atoms with Crippen LogP contribution >= 0.6 is 0 Å². The van der Waals surface area contributed by atoms with Crippen LogP contribution in [-0.4, -0.2) is 20.9 Å². The predicted octanol–water partition coefficient (Wildman–Crippen LogP) is 1.62. The number of hydrogen-bond acceptors (Lipinski definition) is 2. The van der Waals surface area contributed by atoms with Crippen LogP contribution in [0.5, 0.6) is 0 Å². The van der Waals surface area contributed by atoms with E-state index in [2.05, 4.69) is 5.10 Å². The van der Waals surface area contributed by atoms with Crippen molar-refractivity contribution < 1.29 is 9.90 Å². The molecule has 0 spiro atoms. The Morgan fingerprint density at radius 1 is 1.43 bits per heavy atom. The first-order valence-corrected chi connectivity index (χ1v) is 4.99. The van der Waals surface area contributed by atoms with Crippen molar-refractivity contribution in [2.24, 2.45) is 0 Å². The molecule has 0 amide bonds. The zero-order valence-corrected chi connectivity index (χ0v) is 8.29. The molecule has 2 rings (SSSR count). The molecule has 1 aliphatic rings. The number of nitrogens with zero attached hydrogens (tertiary/aromatic N) is 2. The highest BCUT2D eigenvalue weighted by molar-refractivity contribution is 5.90. The Labute approximate surface area is 82.5 Å². The smallest absolute Gasteiger partial charge is 0.339 e. The molecule has 0 atom stereocenters. The molecule has 0 radical (unpaired) electrons. The second-order valence-corrected chi connectivity index (χ2v) is 3.75. The second kappa shape index (κ2) is 3.44. The molecule has 1 aromatic heterocycles. The zero-order valence-electron chi connectivity index (χ0n) is 8.29. The minimum atomic E-state index is -0.842. The van der Waals surface area contributed by atoms with Gasteiger partial charge in [0.25, 0.3) is 0 Å². The van der Waals surface area contributed by atoms with Crippen LogP contribution in [0.25, 0.3) is 0 Å². The molecule has 0 saturated heterocycles. The minimum absolute atomic E-state index is 0.423. The molecule has 1 aliphatic heterocycles. The van der Waals surface area contributed by atoms with Gasteiger partial charge in [-0.2, -0.15) is 5.10 Å². The first-order chi connectivity index (χ1) is 6.70. The molecule has 2 heterocycles. The van der Waals surface area contributed by atoms with Crippen LogP contribution in [0.15, 0.2) is 0 Å². The van der Waals surface area contributed by atoms with Gasteiger partial charge < -0.3 is 5.11 Å². The third-order valence-corrected chi connectivity index (χ3v) is 2.73. The molecule has 0 aromatic carbocycles. The summed E-state index contributed by atoms with van der Waals surface area (Å²) in [5, 5.41) is 13.3. The average molecular weight is 194 g/mol. The summed E-state index contributed by atoms with van der Waals surface area (Å²) in [5.74, 6) is -0.842. The van der Waals surface area contributed by atoms with E-state index < -0.39 is 5.97 Å². The van der Waals surface area contributed by atoms with Crippen molar-refractivity contribution in [1.29, 1.82) is 0 Å². The number of aromatic carboxylic acids is 1. The Bertz CT molecular complexity index is 368. The number of carboxylic acids is 1. The maximum atomic E-state index is 11.0. The van der Waals surface area contributed by atoms with Crippen LogP contribution < -0.4 is 0 Å². The highest BCUT2D eigenvalue weighted by Crippen LogP contribution is 2.20. The zero-order chi connectivity index (χ0) is 10.1.